The fourth-order valence-electron chi connectivity index (χ4n) is 5.33. The fraction of sp³-hybridized carbons (Fsp3) is 0.467. The lowest BCUT2D eigenvalue weighted by molar-refractivity contribution is -0.160. The van der Waals surface area contributed by atoms with Gasteiger partial charge in [0.15, 0.2) is 17.7 Å². The number of aryl methyl sites for hydroxylation is 1. The van der Waals surface area contributed by atoms with Gasteiger partial charge in [-0.25, -0.2) is 9.18 Å². The number of rotatable bonds is 8. The van der Waals surface area contributed by atoms with E-state index >= 15 is 4.39 Å². The Morgan fingerprint density at radius 3 is 2.56 bits per heavy atom. The first-order chi connectivity index (χ1) is 18.4. The Hall–Kier alpha value is -3.04. The van der Waals surface area contributed by atoms with Crippen LogP contribution in [0.25, 0.3) is 22.4 Å². The normalized spacial score (nSPS) is 14.2. The van der Waals surface area contributed by atoms with E-state index in [-0.39, 0.29) is 11.7 Å². The van der Waals surface area contributed by atoms with E-state index in [9.17, 15) is 14.7 Å². The number of ether oxygens (including phenoxy) is 2. The molecule has 0 aromatic heterocycles. The van der Waals surface area contributed by atoms with E-state index < -0.39 is 23.5 Å². The first kappa shape index (κ1) is 29.0. The van der Waals surface area contributed by atoms with Crippen molar-refractivity contribution in [3.05, 3.63) is 51.5 Å². The molecule has 1 atom stereocenters. The molecule has 39 heavy (non-hydrogen) atoms. The number of aliphatic carboxylic acids is 1. The summed E-state index contributed by atoms with van der Waals surface area (Å²) in [6, 6.07) is 3.20. The van der Waals surface area contributed by atoms with Crippen molar-refractivity contribution < 1.29 is 28.6 Å². The number of aromatic nitrogens is 1. The van der Waals surface area contributed by atoms with Crippen LogP contribution in [0.2, 0.25) is 0 Å². The average Bonchev–Trinajstić information content (AvgIpc) is 3.19. The van der Waals surface area contributed by atoms with Gasteiger partial charge in [-0.3, -0.25) is 4.79 Å². The molecule has 0 saturated carbocycles. The van der Waals surface area contributed by atoms with Crippen molar-refractivity contribution in [3.8, 4) is 28.1 Å². The lowest BCUT2D eigenvalue weighted by atomic mass is 9.85. The Bertz CT molecular complexity index is 1390. The summed E-state index contributed by atoms with van der Waals surface area (Å²) >= 11 is 1.64. The molecule has 7 nitrogen and oxygen atoms in total. The third-order valence-corrected chi connectivity index (χ3v) is 7.70. The van der Waals surface area contributed by atoms with Crippen LogP contribution in [0.15, 0.2) is 12.1 Å². The predicted octanol–water partition coefficient (Wildman–Crippen LogP) is 6.21. The summed E-state index contributed by atoms with van der Waals surface area (Å²) in [5.74, 6) is -0.811. The van der Waals surface area contributed by atoms with Crippen LogP contribution in [0.4, 0.5) is 4.39 Å². The molecule has 2 aliphatic heterocycles. The van der Waals surface area contributed by atoms with Crippen LogP contribution < -0.4 is 10.1 Å². The van der Waals surface area contributed by atoms with E-state index in [0.717, 1.165) is 28.9 Å². The number of carboxylic acids is 1. The molecule has 1 unspecified atom stereocenters. The fourth-order valence-corrected chi connectivity index (χ4v) is 5.63. The van der Waals surface area contributed by atoms with Crippen LogP contribution in [-0.4, -0.2) is 52.7 Å². The van der Waals surface area contributed by atoms with Gasteiger partial charge >= 0.3 is 5.97 Å². The molecule has 0 bridgehead atoms. The van der Waals surface area contributed by atoms with Gasteiger partial charge in [0.2, 0.25) is 0 Å². The maximum absolute atomic E-state index is 15.5. The van der Waals surface area contributed by atoms with Gasteiger partial charge in [-0.05, 0) is 95.0 Å². The maximum Gasteiger partial charge on any atom is 0.337 e. The number of carbonyl (C=O) groups is 2. The molecular weight excluding hydrogens is 519 g/mol. The Balaban J connectivity index is 2.06. The highest BCUT2D eigenvalue weighted by atomic mass is 32.2. The van der Waals surface area contributed by atoms with Gasteiger partial charge in [-0.15, -0.1) is 0 Å². The second-order valence-corrected chi connectivity index (χ2v) is 12.0. The number of pyridine rings is 1. The number of fused-ring (bicyclic) bond motifs is 2. The number of carboxylic acid groups (broad SMARTS) is 1. The topological polar surface area (TPSA) is 101 Å². The molecule has 3 N–H and O–H groups in total. The molecular formula is C30H37FN2O5S. The van der Waals surface area contributed by atoms with Gasteiger partial charge in [0.05, 0.1) is 12.2 Å². The van der Waals surface area contributed by atoms with Crippen LogP contribution in [0.3, 0.4) is 0 Å². The van der Waals surface area contributed by atoms with Crippen molar-refractivity contribution in [2.45, 2.75) is 66.1 Å². The van der Waals surface area contributed by atoms with Gasteiger partial charge in [0.1, 0.15) is 0 Å². The summed E-state index contributed by atoms with van der Waals surface area (Å²) in [7, 11) is 0. The highest BCUT2D eigenvalue weighted by Crippen LogP contribution is 2.48. The number of hydrogen-bond acceptors (Lipinski definition) is 5. The van der Waals surface area contributed by atoms with E-state index in [1.807, 2.05) is 20.1 Å². The number of amides is 1. The van der Waals surface area contributed by atoms with Crippen molar-refractivity contribution in [3.63, 3.8) is 0 Å². The molecule has 2 heterocycles. The molecule has 0 saturated heterocycles. The number of nitrogens with one attached hydrogen (secondary N) is 2. The van der Waals surface area contributed by atoms with E-state index in [0.29, 0.717) is 58.8 Å². The zero-order valence-electron chi connectivity index (χ0n) is 23.6. The maximum atomic E-state index is 15.5. The number of carbonyl (C=O) groups excluding carboxylic acids is 1. The van der Waals surface area contributed by atoms with Gasteiger partial charge < -0.3 is 24.9 Å². The molecule has 210 valence electrons. The number of benzene rings is 1. The first-order valence-electron chi connectivity index (χ1n) is 13.1. The Morgan fingerprint density at radius 1 is 1.21 bits per heavy atom. The minimum absolute atomic E-state index is 0.209. The molecule has 1 aliphatic carbocycles. The summed E-state index contributed by atoms with van der Waals surface area (Å²) in [4.78, 5) is 29.2. The smallest absolute Gasteiger partial charge is 0.337 e. The molecule has 0 fully saturated rings. The molecule has 1 aromatic rings. The molecule has 1 aromatic carbocycles. The SMILES string of the molecule is CSCCNC(=O)c1cc2c(-c3cc(F)c4c(c3C)CCCO4)c(C(OC(C)(C)C)C(=O)O)c(C)[nH]c-2c1C. The van der Waals surface area contributed by atoms with Crippen molar-refractivity contribution in [2.75, 3.05) is 25.2 Å². The number of thioether (sulfide) groups is 1. The summed E-state index contributed by atoms with van der Waals surface area (Å²) < 4.78 is 27.3. The minimum atomic E-state index is -1.33. The molecule has 1 amide bonds. The largest absolute Gasteiger partial charge is 0.490 e. The first-order valence-corrected chi connectivity index (χ1v) is 14.5. The van der Waals surface area contributed by atoms with Gasteiger partial charge in [-0.1, -0.05) is 0 Å². The molecule has 3 aliphatic rings. The highest BCUT2D eigenvalue weighted by molar-refractivity contribution is 7.98. The van der Waals surface area contributed by atoms with Crippen molar-refractivity contribution in [1.82, 2.24) is 10.3 Å². The van der Waals surface area contributed by atoms with Crippen molar-refractivity contribution in [2.24, 2.45) is 0 Å². The minimum Gasteiger partial charge on any atom is -0.490 e. The molecule has 0 radical (unpaired) electrons. The molecule has 4 rings (SSSR count). The Labute approximate surface area is 233 Å². The zero-order chi connectivity index (χ0) is 28.6. The van der Waals surface area contributed by atoms with Crippen LogP contribution in [-0.2, 0) is 16.0 Å². The Kier molecular flexibility index (Phi) is 8.33. The second-order valence-electron chi connectivity index (χ2n) is 11.0. The summed E-state index contributed by atoms with van der Waals surface area (Å²) in [6.07, 6.45) is 2.07. The number of hydrogen-bond donors (Lipinski definition) is 3. The second kappa shape index (κ2) is 11.2. The van der Waals surface area contributed by atoms with E-state index in [2.05, 4.69) is 10.3 Å². The third kappa shape index (κ3) is 5.65. The molecule has 9 heteroatoms. The van der Waals surface area contributed by atoms with Gasteiger partial charge in [0.25, 0.3) is 5.91 Å². The molecule has 0 spiro atoms. The van der Waals surface area contributed by atoms with E-state index in [4.69, 9.17) is 9.47 Å². The predicted molar refractivity (Wildman–Crippen MR) is 153 cm³/mol. The van der Waals surface area contributed by atoms with Gasteiger partial charge in [0, 0.05) is 45.9 Å². The van der Waals surface area contributed by atoms with Crippen LogP contribution >= 0.6 is 11.8 Å². The number of halogens is 1. The van der Waals surface area contributed by atoms with Crippen LogP contribution in [0, 0.1) is 26.6 Å². The Morgan fingerprint density at radius 2 is 1.92 bits per heavy atom. The van der Waals surface area contributed by atoms with Gasteiger partial charge in [-0.2, -0.15) is 11.8 Å². The summed E-state index contributed by atoms with van der Waals surface area (Å²) in [5.41, 5.74) is 5.51. The third-order valence-electron chi connectivity index (χ3n) is 7.09. The summed E-state index contributed by atoms with van der Waals surface area (Å²) in [6.45, 7) is 11.9. The average molecular weight is 557 g/mol. The number of aromatic amines is 1. The lowest BCUT2D eigenvalue weighted by Gasteiger charge is -2.30. The standard InChI is InChI=1S/C30H37FN2O5S/c1-15-18-9-8-11-37-26(18)22(31)14-19(15)24-21-13-20(28(34)32-10-12-39-7)16(2)25(21)33-17(3)23(24)27(29(35)36)38-30(4,5)6/h13-14,27,33H,8-12H2,1-7H3,(H,32,34)(H,35,36). The lowest BCUT2D eigenvalue weighted by Crippen LogP contribution is -2.28. The van der Waals surface area contributed by atoms with Crippen LogP contribution in [0.1, 0.15) is 71.6 Å². The quantitative estimate of drug-likeness (QED) is 0.285. The van der Waals surface area contributed by atoms with Crippen LogP contribution in [0.5, 0.6) is 5.75 Å². The van der Waals surface area contributed by atoms with Crippen molar-refractivity contribution >= 4 is 23.6 Å². The monoisotopic (exact) mass is 556 g/mol. The van der Waals surface area contributed by atoms with Crippen molar-refractivity contribution in [1.29, 1.82) is 0 Å². The highest BCUT2D eigenvalue weighted by Gasteiger charge is 2.35. The zero-order valence-corrected chi connectivity index (χ0v) is 24.5. The van der Waals surface area contributed by atoms with E-state index in [1.54, 1.807) is 45.5 Å². The van der Waals surface area contributed by atoms with E-state index in [1.165, 1.54) is 6.07 Å². The number of H-pyrrole nitrogens is 1. The summed E-state index contributed by atoms with van der Waals surface area (Å²) in [5, 5.41) is 13.3.